The molecular weight excluding hydrogens is 324 g/mol. The molecular formula is C20H16N6. The standard InChI is InChI=1S/C20H16N6/c1-25-13-17(11-23-25)14-4-6-15(7-5-14)19-12-24-26-8-2-3-18(20(19)26)16-9-21-22-10-16/h2-13H,1H3,(H,21,22). The molecule has 126 valence electrons. The van der Waals surface area contributed by atoms with Gasteiger partial charge in [-0.1, -0.05) is 30.3 Å². The number of pyridine rings is 1. The van der Waals surface area contributed by atoms with Crippen LogP contribution in [-0.2, 0) is 7.05 Å². The molecule has 0 saturated carbocycles. The van der Waals surface area contributed by atoms with Gasteiger partial charge in [-0.15, -0.1) is 0 Å². The van der Waals surface area contributed by atoms with Gasteiger partial charge in [0.05, 0.1) is 24.1 Å². The quantitative estimate of drug-likeness (QED) is 0.543. The molecule has 6 nitrogen and oxygen atoms in total. The summed E-state index contributed by atoms with van der Waals surface area (Å²) in [5, 5.41) is 15.7. The van der Waals surface area contributed by atoms with Gasteiger partial charge in [0.25, 0.3) is 0 Å². The number of aromatic amines is 1. The minimum Gasteiger partial charge on any atom is -0.285 e. The van der Waals surface area contributed by atoms with Gasteiger partial charge >= 0.3 is 0 Å². The van der Waals surface area contributed by atoms with Crippen LogP contribution >= 0.6 is 0 Å². The van der Waals surface area contributed by atoms with Gasteiger partial charge in [-0.25, -0.2) is 4.52 Å². The number of nitrogens with zero attached hydrogens (tertiary/aromatic N) is 5. The first-order chi connectivity index (χ1) is 12.8. The predicted molar refractivity (Wildman–Crippen MR) is 100 cm³/mol. The van der Waals surface area contributed by atoms with Gasteiger partial charge in [-0.2, -0.15) is 15.3 Å². The molecule has 6 heteroatoms. The van der Waals surface area contributed by atoms with Crippen molar-refractivity contribution in [2.45, 2.75) is 0 Å². The Balaban J connectivity index is 1.63. The molecule has 0 radical (unpaired) electrons. The third-order valence-corrected chi connectivity index (χ3v) is 4.58. The van der Waals surface area contributed by atoms with E-state index in [9.17, 15) is 0 Å². The smallest absolute Gasteiger partial charge is 0.0819 e. The highest BCUT2D eigenvalue weighted by atomic mass is 15.2. The summed E-state index contributed by atoms with van der Waals surface area (Å²) in [7, 11) is 1.92. The van der Waals surface area contributed by atoms with E-state index in [1.807, 2.05) is 59.5 Å². The monoisotopic (exact) mass is 340 g/mol. The molecule has 0 fully saturated rings. The largest absolute Gasteiger partial charge is 0.285 e. The number of rotatable bonds is 3. The van der Waals surface area contributed by atoms with Crippen molar-refractivity contribution < 1.29 is 0 Å². The van der Waals surface area contributed by atoms with Crippen LogP contribution in [0.3, 0.4) is 0 Å². The summed E-state index contributed by atoms with van der Waals surface area (Å²) >= 11 is 0. The van der Waals surface area contributed by atoms with E-state index in [1.54, 1.807) is 0 Å². The van der Waals surface area contributed by atoms with Crippen molar-refractivity contribution in [1.82, 2.24) is 29.6 Å². The molecule has 4 heterocycles. The summed E-state index contributed by atoms with van der Waals surface area (Å²) in [5.74, 6) is 0. The van der Waals surface area contributed by atoms with Crippen LogP contribution in [0.5, 0.6) is 0 Å². The summed E-state index contributed by atoms with van der Waals surface area (Å²) in [6.07, 6.45) is 11.5. The molecule has 1 aromatic carbocycles. The number of hydrogen-bond donors (Lipinski definition) is 1. The minimum atomic E-state index is 1.05. The lowest BCUT2D eigenvalue weighted by molar-refractivity contribution is 0.768. The molecule has 0 bridgehead atoms. The highest BCUT2D eigenvalue weighted by Crippen LogP contribution is 2.33. The van der Waals surface area contributed by atoms with Crippen LogP contribution in [0.1, 0.15) is 0 Å². The number of aromatic nitrogens is 6. The van der Waals surface area contributed by atoms with Crippen molar-refractivity contribution in [1.29, 1.82) is 0 Å². The third-order valence-electron chi connectivity index (χ3n) is 4.58. The number of H-pyrrole nitrogens is 1. The number of hydrogen-bond acceptors (Lipinski definition) is 3. The maximum absolute atomic E-state index is 4.52. The molecule has 4 aromatic heterocycles. The lowest BCUT2D eigenvalue weighted by atomic mass is 10.00. The summed E-state index contributed by atoms with van der Waals surface area (Å²) < 4.78 is 3.72. The molecule has 26 heavy (non-hydrogen) atoms. The van der Waals surface area contributed by atoms with Gasteiger partial charge in [0.1, 0.15) is 0 Å². The first kappa shape index (κ1) is 14.7. The van der Waals surface area contributed by atoms with Crippen LogP contribution in [0, 0.1) is 0 Å². The maximum Gasteiger partial charge on any atom is 0.0819 e. The van der Waals surface area contributed by atoms with E-state index < -0.39 is 0 Å². The fraction of sp³-hybridized carbons (Fsp3) is 0.0500. The number of benzene rings is 1. The predicted octanol–water partition coefficient (Wildman–Crippen LogP) is 3.79. The van der Waals surface area contributed by atoms with Gasteiger partial charge < -0.3 is 0 Å². The fourth-order valence-corrected chi connectivity index (χ4v) is 3.30. The number of fused-ring (bicyclic) bond motifs is 1. The van der Waals surface area contributed by atoms with Crippen LogP contribution < -0.4 is 0 Å². The van der Waals surface area contributed by atoms with Gasteiger partial charge in [-0.3, -0.25) is 9.78 Å². The van der Waals surface area contributed by atoms with E-state index >= 15 is 0 Å². The minimum absolute atomic E-state index is 1.05. The van der Waals surface area contributed by atoms with Crippen LogP contribution in [-0.4, -0.2) is 29.6 Å². The van der Waals surface area contributed by atoms with Crippen molar-refractivity contribution >= 4 is 5.52 Å². The normalized spacial score (nSPS) is 11.3. The van der Waals surface area contributed by atoms with E-state index in [-0.39, 0.29) is 0 Å². The second kappa shape index (κ2) is 5.70. The highest BCUT2D eigenvalue weighted by Gasteiger charge is 2.13. The summed E-state index contributed by atoms with van der Waals surface area (Å²) in [4.78, 5) is 0. The van der Waals surface area contributed by atoms with E-state index in [0.717, 1.165) is 38.9 Å². The first-order valence-electron chi connectivity index (χ1n) is 8.34. The topological polar surface area (TPSA) is 63.8 Å². The Bertz CT molecular complexity index is 1180. The third kappa shape index (κ3) is 2.31. The molecule has 0 amide bonds. The second-order valence-corrected chi connectivity index (χ2v) is 6.24. The van der Waals surface area contributed by atoms with E-state index in [2.05, 4.69) is 50.7 Å². The van der Waals surface area contributed by atoms with Gasteiger partial charge in [0.2, 0.25) is 0 Å². The van der Waals surface area contributed by atoms with Gasteiger partial charge in [-0.05, 0) is 17.2 Å². The zero-order valence-corrected chi connectivity index (χ0v) is 14.2. The number of nitrogens with one attached hydrogen (secondary N) is 1. The van der Waals surface area contributed by atoms with Crippen molar-refractivity contribution in [3.63, 3.8) is 0 Å². The fourth-order valence-electron chi connectivity index (χ4n) is 3.30. The van der Waals surface area contributed by atoms with Crippen molar-refractivity contribution in [2.24, 2.45) is 7.05 Å². The van der Waals surface area contributed by atoms with E-state index in [1.165, 1.54) is 0 Å². The van der Waals surface area contributed by atoms with Crippen molar-refractivity contribution in [3.05, 3.63) is 73.6 Å². The second-order valence-electron chi connectivity index (χ2n) is 6.24. The molecule has 5 aromatic rings. The maximum atomic E-state index is 4.52. The molecule has 0 unspecified atom stereocenters. The molecule has 0 saturated heterocycles. The molecule has 0 spiro atoms. The van der Waals surface area contributed by atoms with Crippen LogP contribution in [0.25, 0.3) is 38.9 Å². The Hall–Kier alpha value is -3.67. The zero-order chi connectivity index (χ0) is 17.5. The molecule has 1 N–H and O–H groups in total. The van der Waals surface area contributed by atoms with E-state index in [0.29, 0.717) is 0 Å². The molecule has 5 rings (SSSR count). The summed E-state index contributed by atoms with van der Waals surface area (Å²) in [5.41, 5.74) is 7.70. The number of aryl methyl sites for hydroxylation is 1. The Kier molecular flexibility index (Phi) is 3.21. The molecule has 0 aliphatic carbocycles. The zero-order valence-electron chi connectivity index (χ0n) is 14.2. The summed E-state index contributed by atoms with van der Waals surface area (Å²) in [6.45, 7) is 0. The summed E-state index contributed by atoms with van der Waals surface area (Å²) in [6, 6.07) is 12.6. The Morgan fingerprint density at radius 2 is 1.65 bits per heavy atom. The van der Waals surface area contributed by atoms with Gasteiger partial charge in [0, 0.05) is 47.9 Å². The van der Waals surface area contributed by atoms with Crippen molar-refractivity contribution in [2.75, 3.05) is 0 Å². The Morgan fingerprint density at radius 1 is 0.808 bits per heavy atom. The van der Waals surface area contributed by atoms with E-state index in [4.69, 9.17) is 0 Å². The molecule has 0 aliphatic rings. The lowest BCUT2D eigenvalue weighted by Gasteiger charge is -2.06. The van der Waals surface area contributed by atoms with Crippen LogP contribution in [0.15, 0.2) is 73.6 Å². The van der Waals surface area contributed by atoms with Crippen LogP contribution in [0.2, 0.25) is 0 Å². The lowest BCUT2D eigenvalue weighted by Crippen LogP contribution is -1.89. The average Bonchev–Trinajstić information content (AvgIpc) is 3.42. The van der Waals surface area contributed by atoms with Crippen molar-refractivity contribution in [3.8, 4) is 33.4 Å². The van der Waals surface area contributed by atoms with Gasteiger partial charge in [0.15, 0.2) is 0 Å². The van der Waals surface area contributed by atoms with Crippen LogP contribution in [0.4, 0.5) is 0 Å². The molecule has 0 atom stereocenters. The Labute approximate surface area is 149 Å². The highest BCUT2D eigenvalue weighted by molar-refractivity contribution is 5.92. The SMILES string of the molecule is Cn1cc(-c2ccc(-c3cnn4cccc(-c5cn[nH]c5)c34)cc2)cn1. The Morgan fingerprint density at radius 3 is 2.38 bits per heavy atom. The first-order valence-corrected chi connectivity index (χ1v) is 8.34. The average molecular weight is 340 g/mol. The molecule has 0 aliphatic heterocycles.